The van der Waals surface area contributed by atoms with Gasteiger partial charge in [-0.3, -0.25) is 4.79 Å². The van der Waals surface area contributed by atoms with E-state index in [0.29, 0.717) is 17.5 Å². The molecular weight excluding hydrogens is 392 g/mol. The molecular formula is C26H26O5. The number of hydrogen-bond acceptors (Lipinski definition) is 5. The largest absolute Gasteiger partial charge is 0.455 e. The molecule has 0 aliphatic heterocycles. The van der Waals surface area contributed by atoms with E-state index in [9.17, 15) is 14.4 Å². The van der Waals surface area contributed by atoms with E-state index in [-0.39, 0.29) is 29.5 Å². The van der Waals surface area contributed by atoms with Gasteiger partial charge in [0.1, 0.15) is 18.0 Å². The summed E-state index contributed by atoms with van der Waals surface area (Å²) in [6.45, 7) is 0. The first-order chi connectivity index (χ1) is 15.1. The van der Waals surface area contributed by atoms with Crippen LogP contribution >= 0.6 is 0 Å². The molecule has 6 unspecified atom stereocenters. The molecule has 0 heterocycles. The second-order valence-corrected chi connectivity index (χ2v) is 8.93. The van der Waals surface area contributed by atoms with Gasteiger partial charge in [0.25, 0.3) is 0 Å². The van der Waals surface area contributed by atoms with Crippen molar-refractivity contribution in [1.29, 1.82) is 0 Å². The standard InChI is InChI=1S/C26H26O5/c27-21-15-14-18-19-12-7-13-20(22(18)21)24(31-26(29)17-10-5-2-6-11-17)23(19)30-25(28)16-8-3-1-4-9-16/h1-6,8-11,18-20,22-24H,7,12-15H2. The van der Waals surface area contributed by atoms with Crippen molar-refractivity contribution in [3.05, 3.63) is 71.8 Å². The number of benzene rings is 2. The predicted octanol–water partition coefficient (Wildman–Crippen LogP) is 4.46. The van der Waals surface area contributed by atoms with Gasteiger partial charge in [-0.2, -0.15) is 0 Å². The summed E-state index contributed by atoms with van der Waals surface area (Å²) in [5.41, 5.74) is 0.944. The summed E-state index contributed by atoms with van der Waals surface area (Å²) in [7, 11) is 0. The fourth-order valence-electron chi connectivity index (χ4n) is 6.02. The SMILES string of the molecule is O=C(OC1C2CCCC(C1OC(=O)c1ccccc1)C1C(=O)CCC21)c1ccccc1. The maximum absolute atomic E-state index is 12.9. The third kappa shape index (κ3) is 3.67. The van der Waals surface area contributed by atoms with Crippen LogP contribution in [-0.2, 0) is 14.3 Å². The Balaban J connectivity index is 1.47. The van der Waals surface area contributed by atoms with Gasteiger partial charge >= 0.3 is 11.9 Å². The summed E-state index contributed by atoms with van der Waals surface area (Å²) < 4.78 is 12.1. The number of Topliss-reactive ketones (excluding diaryl/α,β-unsaturated/α-hetero) is 1. The molecule has 5 heteroatoms. The van der Waals surface area contributed by atoms with Gasteiger partial charge in [0.2, 0.25) is 0 Å². The zero-order valence-corrected chi connectivity index (χ0v) is 17.3. The zero-order valence-electron chi connectivity index (χ0n) is 17.3. The van der Waals surface area contributed by atoms with E-state index in [4.69, 9.17) is 9.47 Å². The molecule has 0 spiro atoms. The van der Waals surface area contributed by atoms with Gasteiger partial charge in [0.05, 0.1) is 11.1 Å². The zero-order chi connectivity index (χ0) is 21.4. The second-order valence-electron chi connectivity index (χ2n) is 8.93. The minimum atomic E-state index is -0.601. The minimum Gasteiger partial charge on any atom is -0.455 e. The van der Waals surface area contributed by atoms with Gasteiger partial charge in [-0.15, -0.1) is 0 Å². The van der Waals surface area contributed by atoms with Crippen molar-refractivity contribution in [2.45, 2.75) is 44.3 Å². The quantitative estimate of drug-likeness (QED) is 0.686. The van der Waals surface area contributed by atoms with Gasteiger partial charge in [0, 0.05) is 24.2 Å². The lowest BCUT2D eigenvalue weighted by Gasteiger charge is -2.45. The minimum absolute atomic E-state index is 0.0384. The number of esters is 2. The summed E-state index contributed by atoms with van der Waals surface area (Å²) in [5, 5.41) is 0. The monoisotopic (exact) mass is 418 g/mol. The Morgan fingerprint density at radius 3 is 1.77 bits per heavy atom. The third-order valence-corrected chi connectivity index (χ3v) is 7.32. The van der Waals surface area contributed by atoms with Crippen LogP contribution < -0.4 is 0 Å². The maximum atomic E-state index is 12.9. The summed E-state index contributed by atoms with van der Waals surface area (Å²) in [6.07, 6.45) is 2.93. The van der Waals surface area contributed by atoms with Gasteiger partial charge in [-0.1, -0.05) is 42.8 Å². The molecule has 5 nitrogen and oxygen atoms in total. The summed E-state index contributed by atoms with van der Waals surface area (Å²) in [4.78, 5) is 38.6. The highest BCUT2D eigenvalue weighted by atomic mass is 16.6. The van der Waals surface area contributed by atoms with E-state index in [1.165, 1.54) is 0 Å². The van der Waals surface area contributed by atoms with E-state index >= 15 is 0 Å². The number of fused-ring (bicyclic) bond motifs is 3. The highest BCUT2D eigenvalue weighted by molar-refractivity contribution is 5.90. The number of rotatable bonds is 4. The second kappa shape index (κ2) is 8.29. The fraction of sp³-hybridized carbons (Fsp3) is 0.423. The molecule has 0 radical (unpaired) electrons. The normalized spacial score (nSPS) is 31.5. The Morgan fingerprint density at radius 2 is 1.19 bits per heavy atom. The Bertz CT molecular complexity index is 970. The Kier molecular flexibility index (Phi) is 5.34. The highest BCUT2D eigenvalue weighted by Crippen LogP contribution is 2.54. The molecule has 4 aliphatic rings. The van der Waals surface area contributed by atoms with Crippen LogP contribution in [0.25, 0.3) is 0 Å². The highest BCUT2D eigenvalue weighted by Gasteiger charge is 2.59. The van der Waals surface area contributed by atoms with Crippen molar-refractivity contribution in [1.82, 2.24) is 0 Å². The molecule has 6 atom stereocenters. The molecule has 31 heavy (non-hydrogen) atoms. The lowest BCUT2D eigenvalue weighted by Crippen LogP contribution is -2.54. The van der Waals surface area contributed by atoms with E-state index in [1.54, 1.807) is 48.5 Å². The molecule has 6 rings (SSSR count). The Hall–Kier alpha value is -2.95. The van der Waals surface area contributed by atoms with Crippen molar-refractivity contribution in [2.24, 2.45) is 23.7 Å². The van der Waals surface area contributed by atoms with Crippen LogP contribution in [0.15, 0.2) is 60.7 Å². The summed E-state index contributed by atoms with van der Waals surface area (Å²) in [5.74, 6) is -0.499. The number of carbonyl (C=O) groups excluding carboxylic acids is 3. The van der Waals surface area contributed by atoms with Gasteiger partial charge < -0.3 is 9.47 Å². The van der Waals surface area contributed by atoms with Crippen LogP contribution in [0, 0.1) is 23.7 Å². The van der Waals surface area contributed by atoms with Crippen LogP contribution in [-0.4, -0.2) is 29.9 Å². The third-order valence-electron chi connectivity index (χ3n) is 7.32. The molecule has 2 aromatic rings. The van der Waals surface area contributed by atoms with Crippen molar-refractivity contribution in [2.75, 3.05) is 0 Å². The topological polar surface area (TPSA) is 69.7 Å². The van der Waals surface area contributed by atoms with Gasteiger partial charge in [-0.25, -0.2) is 9.59 Å². The maximum Gasteiger partial charge on any atom is 0.338 e. The van der Waals surface area contributed by atoms with Crippen LogP contribution in [0.4, 0.5) is 0 Å². The molecule has 4 fully saturated rings. The first kappa shape index (κ1) is 20.0. The number of hydrogen-bond donors (Lipinski definition) is 0. The summed E-state index contributed by atoms with van der Waals surface area (Å²) >= 11 is 0. The number of ether oxygens (including phenoxy) is 2. The van der Waals surface area contributed by atoms with Crippen molar-refractivity contribution < 1.29 is 23.9 Å². The van der Waals surface area contributed by atoms with Crippen molar-refractivity contribution in [3.8, 4) is 0 Å². The molecule has 0 saturated heterocycles. The lowest BCUT2D eigenvalue weighted by molar-refractivity contribution is -0.141. The van der Waals surface area contributed by atoms with Crippen LogP contribution in [0.3, 0.4) is 0 Å². The average molecular weight is 418 g/mol. The number of carbonyl (C=O) groups is 3. The molecule has 4 aliphatic carbocycles. The number of ketones is 1. The molecule has 2 bridgehead atoms. The lowest BCUT2D eigenvalue weighted by atomic mass is 9.66. The summed E-state index contributed by atoms with van der Waals surface area (Å²) in [6, 6.07) is 17.8. The molecule has 0 N–H and O–H groups in total. The predicted molar refractivity (Wildman–Crippen MR) is 113 cm³/mol. The average Bonchev–Trinajstić information content (AvgIpc) is 2.99. The van der Waals surface area contributed by atoms with Gasteiger partial charge in [0.15, 0.2) is 0 Å². The van der Waals surface area contributed by atoms with E-state index in [2.05, 4.69) is 0 Å². The molecule has 0 aromatic heterocycles. The fourth-order valence-corrected chi connectivity index (χ4v) is 6.02. The Morgan fingerprint density at radius 1 is 0.677 bits per heavy atom. The van der Waals surface area contributed by atoms with Gasteiger partial charge in [-0.05, 0) is 49.4 Å². The van der Waals surface area contributed by atoms with E-state index in [1.807, 2.05) is 12.1 Å². The van der Waals surface area contributed by atoms with Crippen LogP contribution in [0.5, 0.6) is 0 Å². The Labute approximate surface area is 181 Å². The van der Waals surface area contributed by atoms with E-state index in [0.717, 1.165) is 25.7 Å². The first-order valence-electron chi connectivity index (χ1n) is 11.2. The van der Waals surface area contributed by atoms with E-state index < -0.39 is 24.1 Å². The van der Waals surface area contributed by atoms with Crippen molar-refractivity contribution >= 4 is 17.7 Å². The molecule has 2 aromatic carbocycles. The first-order valence-corrected chi connectivity index (χ1v) is 11.2. The molecule has 0 amide bonds. The smallest absolute Gasteiger partial charge is 0.338 e. The van der Waals surface area contributed by atoms with Crippen LogP contribution in [0.2, 0.25) is 0 Å². The molecule has 160 valence electrons. The molecule has 4 saturated carbocycles. The van der Waals surface area contributed by atoms with Crippen molar-refractivity contribution in [3.63, 3.8) is 0 Å². The van der Waals surface area contributed by atoms with Crippen LogP contribution in [0.1, 0.15) is 52.8 Å².